The molecule has 0 radical (unpaired) electrons. The lowest BCUT2D eigenvalue weighted by atomic mass is 9.80. The van der Waals surface area contributed by atoms with E-state index in [4.69, 9.17) is 11.6 Å². The predicted octanol–water partition coefficient (Wildman–Crippen LogP) is 3.29. The number of carbonyl (C=O) groups excluding carboxylic acids is 1. The van der Waals surface area contributed by atoms with E-state index in [1.807, 2.05) is 11.9 Å². The van der Waals surface area contributed by atoms with E-state index in [1.54, 1.807) is 0 Å². The van der Waals surface area contributed by atoms with Crippen LogP contribution in [0.4, 0.5) is 0 Å². The Morgan fingerprint density at radius 1 is 1.41 bits per heavy atom. The highest BCUT2D eigenvalue weighted by Gasteiger charge is 2.41. The molecule has 2 aliphatic rings. The van der Waals surface area contributed by atoms with Crippen LogP contribution in [-0.2, 0) is 4.79 Å². The Kier molecular flexibility index (Phi) is 3.72. The molecule has 0 heterocycles. The molecule has 0 aromatic carbocycles. The van der Waals surface area contributed by atoms with E-state index in [0.717, 1.165) is 25.8 Å². The van der Waals surface area contributed by atoms with Gasteiger partial charge in [-0.2, -0.15) is 0 Å². The van der Waals surface area contributed by atoms with Gasteiger partial charge in [-0.25, -0.2) is 0 Å². The molecule has 0 aromatic heterocycles. The molecule has 1 atom stereocenters. The maximum atomic E-state index is 12.4. The topological polar surface area (TPSA) is 20.3 Å². The molecule has 0 spiro atoms. The molecule has 1 unspecified atom stereocenters. The van der Waals surface area contributed by atoms with Gasteiger partial charge >= 0.3 is 0 Å². The van der Waals surface area contributed by atoms with E-state index in [9.17, 15) is 4.79 Å². The van der Waals surface area contributed by atoms with E-state index in [0.29, 0.717) is 17.2 Å². The first-order chi connectivity index (χ1) is 7.90. The average molecular weight is 258 g/mol. The number of carbonyl (C=O) groups is 1. The molecule has 0 aromatic rings. The Hall–Kier alpha value is -0.240. The van der Waals surface area contributed by atoms with Crippen LogP contribution in [0.2, 0.25) is 0 Å². The fourth-order valence-electron chi connectivity index (χ4n) is 3.33. The third-order valence-electron chi connectivity index (χ3n) is 4.64. The van der Waals surface area contributed by atoms with Crippen molar-refractivity contribution < 1.29 is 4.79 Å². The molecule has 2 saturated carbocycles. The van der Waals surface area contributed by atoms with Gasteiger partial charge in [0.1, 0.15) is 0 Å². The van der Waals surface area contributed by atoms with E-state index in [1.165, 1.54) is 12.8 Å². The molecule has 2 fully saturated rings. The van der Waals surface area contributed by atoms with Crippen LogP contribution >= 0.6 is 11.6 Å². The van der Waals surface area contributed by atoms with Crippen LogP contribution in [0.1, 0.15) is 46.0 Å². The lowest BCUT2D eigenvalue weighted by Crippen LogP contribution is -2.42. The van der Waals surface area contributed by atoms with Crippen molar-refractivity contribution in [2.24, 2.45) is 17.3 Å². The summed E-state index contributed by atoms with van der Waals surface area (Å²) in [6.07, 6.45) is 5.61. The summed E-state index contributed by atoms with van der Waals surface area (Å²) in [7, 11) is 1.96. The van der Waals surface area contributed by atoms with Gasteiger partial charge in [0.15, 0.2) is 0 Å². The second kappa shape index (κ2) is 4.79. The third kappa shape index (κ3) is 2.78. The van der Waals surface area contributed by atoms with Crippen molar-refractivity contribution in [1.82, 2.24) is 4.90 Å². The van der Waals surface area contributed by atoms with Gasteiger partial charge < -0.3 is 4.90 Å². The molecule has 2 aliphatic carbocycles. The molecule has 0 saturated heterocycles. The minimum Gasteiger partial charge on any atom is -0.345 e. The largest absolute Gasteiger partial charge is 0.345 e. The molecule has 3 heteroatoms. The second-order valence-electron chi connectivity index (χ2n) is 6.59. The number of halogens is 1. The van der Waals surface area contributed by atoms with Crippen LogP contribution in [0.15, 0.2) is 0 Å². The first kappa shape index (κ1) is 13.2. The van der Waals surface area contributed by atoms with Crippen LogP contribution in [0.25, 0.3) is 0 Å². The zero-order valence-corrected chi connectivity index (χ0v) is 12.0. The predicted molar refractivity (Wildman–Crippen MR) is 71.1 cm³/mol. The lowest BCUT2D eigenvalue weighted by Gasteiger charge is -2.36. The minimum atomic E-state index is 0.194. The summed E-state index contributed by atoms with van der Waals surface area (Å²) < 4.78 is 0. The monoisotopic (exact) mass is 257 g/mol. The maximum absolute atomic E-state index is 12.4. The summed E-state index contributed by atoms with van der Waals surface area (Å²) in [5.41, 5.74) is 0.194. The summed E-state index contributed by atoms with van der Waals surface area (Å²) >= 11 is 5.98. The summed E-state index contributed by atoms with van der Waals surface area (Å²) in [4.78, 5) is 14.4. The Labute approximate surface area is 110 Å². The van der Waals surface area contributed by atoms with Gasteiger partial charge in [0, 0.05) is 24.9 Å². The Balaban J connectivity index is 1.86. The molecule has 0 N–H and O–H groups in total. The summed E-state index contributed by atoms with van der Waals surface area (Å²) in [6, 6.07) is 0. The van der Waals surface area contributed by atoms with Crippen molar-refractivity contribution in [3.05, 3.63) is 0 Å². The Morgan fingerprint density at radius 3 is 2.53 bits per heavy atom. The van der Waals surface area contributed by atoms with E-state index in [-0.39, 0.29) is 11.3 Å². The number of hydrogen-bond acceptors (Lipinski definition) is 1. The first-order valence-electron chi connectivity index (χ1n) is 6.79. The average Bonchev–Trinajstić information content (AvgIpc) is 2.54. The molecular formula is C14H24ClNO. The van der Waals surface area contributed by atoms with Crippen LogP contribution in [0.3, 0.4) is 0 Å². The van der Waals surface area contributed by atoms with Crippen LogP contribution in [0, 0.1) is 17.3 Å². The number of hydrogen-bond donors (Lipinski definition) is 0. The molecule has 1 amide bonds. The molecule has 17 heavy (non-hydrogen) atoms. The number of amides is 1. The highest BCUT2D eigenvalue weighted by atomic mass is 35.5. The second-order valence-corrected chi connectivity index (χ2v) is 7.20. The summed E-state index contributed by atoms with van der Waals surface area (Å²) in [5, 5.41) is 0.353. The lowest BCUT2D eigenvalue weighted by molar-refractivity contribution is -0.137. The number of nitrogens with zero attached hydrogens (tertiary/aromatic N) is 1. The fourth-order valence-corrected chi connectivity index (χ4v) is 3.84. The van der Waals surface area contributed by atoms with Gasteiger partial charge in [-0.3, -0.25) is 4.79 Å². The van der Waals surface area contributed by atoms with Gasteiger partial charge in [-0.05, 0) is 37.0 Å². The van der Waals surface area contributed by atoms with Gasteiger partial charge in [0.25, 0.3) is 0 Å². The quantitative estimate of drug-likeness (QED) is 0.711. The minimum absolute atomic E-state index is 0.194. The van der Waals surface area contributed by atoms with E-state index >= 15 is 0 Å². The highest BCUT2D eigenvalue weighted by molar-refractivity contribution is 6.21. The van der Waals surface area contributed by atoms with Crippen molar-refractivity contribution in [2.75, 3.05) is 13.6 Å². The van der Waals surface area contributed by atoms with E-state index < -0.39 is 0 Å². The van der Waals surface area contributed by atoms with Gasteiger partial charge in [0.05, 0.1) is 0 Å². The zero-order chi connectivity index (χ0) is 12.6. The van der Waals surface area contributed by atoms with Crippen molar-refractivity contribution in [2.45, 2.75) is 51.3 Å². The first-order valence-corrected chi connectivity index (χ1v) is 7.23. The molecular weight excluding hydrogens is 234 g/mol. The SMILES string of the molecule is CN(CC1CC(Cl)C1)C(=O)C1CCCC1(C)C. The standard InChI is InChI=1S/C14H24ClNO/c1-14(2)6-4-5-12(14)13(17)16(3)9-10-7-11(15)8-10/h10-12H,4-9H2,1-3H3. The van der Waals surface area contributed by atoms with Crippen molar-refractivity contribution in [1.29, 1.82) is 0 Å². The van der Waals surface area contributed by atoms with Crippen LogP contribution in [-0.4, -0.2) is 29.8 Å². The third-order valence-corrected chi connectivity index (χ3v) is 5.00. The molecule has 0 bridgehead atoms. The van der Waals surface area contributed by atoms with Crippen molar-refractivity contribution in [3.8, 4) is 0 Å². The Morgan fingerprint density at radius 2 is 2.06 bits per heavy atom. The highest BCUT2D eigenvalue weighted by Crippen LogP contribution is 2.43. The van der Waals surface area contributed by atoms with Crippen LogP contribution in [0.5, 0.6) is 0 Å². The molecule has 2 nitrogen and oxygen atoms in total. The van der Waals surface area contributed by atoms with Gasteiger partial charge in [-0.15, -0.1) is 11.6 Å². The summed E-state index contributed by atoms with van der Waals surface area (Å²) in [5.74, 6) is 1.22. The molecule has 98 valence electrons. The van der Waals surface area contributed by atoms with Crippen molar-refractivity contribution in [3.63, 3.8) is 0 Å². The van der Waals surface area contributed by atoms with Gasteiger partial charge in [0.2, 0.25) is 5.91 Å². The fraction of sp³-hybridized carbons (Fsp3) is 0.929. The van der Waals surface area contributed by atoms with Crippen molar-refractivity contribution >= 4 is 17.5 Å². The number of alkyl halides is 1. The number of rotatable bonds is 3. The normalized spacial score (nSPS) is 35.4. The smallest absolute Gasteiger partial charge is 0.225 e. The van der Waals surface area contributed by atoms with E-state index in [2.05, 4.69) is 13.8 Å². The maximum Gasteiger partial charge on any atom is 0.225 e. The molecule has 0 aliphatic heterocycles. The molecule has 2 rings (SSSR count). The summed E-state index contributed by atoms with van der Waals surface area (Å²) in [6.45, 7) is 5.36. The van der Waals surface area contributed by atoms with Crippen LogP contribution < -0.4 is 0 Å². The Bertz CT molecular complexity index is 297. The zero-order valence-electron chi connectivity index (χ0n) is 11.2. The van der Waals surface area contributed by atoms with Gasteiger partial charge in [-0.1, -0.05) is 20.3 Å².